The molecular weight excluding hydrogens is 304 g/mol. The number of aromatic hydroxyl groups is 1. The van der Waals surface area contributed by atoms with Gasteiger partial charge in [-0.3, -0.25) is 4.79 Å². The number of carbonyl (C=O) groups is 1. The zero-order chi connectivity index (χ0) is 17.4. The molecule has 0 aliphatic heterocycles. The first kappa shape index (κ1) is 17.4. The fourth-order valence-electron chi connectivity index (χ4n) is 2.28. The van der Waals surface area contributed by atoms with Crippen LogP contribution in [-0.2, 0) is 16.0 Å². The van der Waals surface area contributed by atoms with E-state index in [4.69, 9.17) is 4.74 Å². The average Bonchev–Trinajstić information content (AvgIpc) is 2.60. The summed E-state index contributed by atoms with van der Waals surface area (Å²) in [5, 5.41) is 14.0. The monoisotopic (exact) mass is 324 g/mol. The molecule has 124 valence electrons. The Hall–Kier alpha value is -2.92. The molecule has 0 aliphatic rings. The van der Waals surface area contributed by atoms with E-state index >= 15 is 0 Å². The largest absolute Gasteiger partial charge is 0.507 e. The predicted octanol–water partition coefficient (Wildman–Crippen LogP) is 2.96. The van der Waals surface area contributed by atoms with Gasteiger partial charge in [-0.25, -0.2) is 5.43 Å². The molecule has 0 aliphatic carbocycles. The lowest BCUT2D eigenvalue weighted by molar-refractivity contribution is -0.131. The lowest BCUT2D eigenvalue weighted by Gasteiger charge is -2.13. The van der Waals surface area contributed by atoms with Crippen LogP contribution in [0.2, 0.25) is 0 Å². The van der Waals surface area contributed by atoms with Gasteiger partial charge in [-0.2, -0.15) is 5.10 Å². The molecule has 0 saturated heterocycles. The summed E-state index contributed by atoms with van der Waals surface area (Å²) in [5.41, 5.74) is 4.44. The molecule has 2 rings (SSSR count). The second-order valence-corrected chi connectivity index (χ2v) is 5.11. The maximum Gasteiger partial charge on any atom is 0.273 e. The number of hydrazone groups is 1. The van der Waals surface area contributed by atoms with Gasteiger partial charge in [0.1, 0.15) is 5.75 Å². The molecule has 0 bridgehead atoms. The number of methoxy groups -OCH3 is 1. The third-order valence-corrected chi connectivity index (χ3v) is 3.47. The van der Waals surface area contributed by atoms with Crippen molar-refractivity contribution in [3.63, 3.8) is 0 Å². The minimum atomic E-state index is -0.746. The highest BCUT2D eigenvalue weighted by molar-refractivity contribution is 5.87. The van der Waals surface area contributed by atoms with Crippen molar-refractivity contribution in [3.05, 3.63) is 77.9 Å². The molecular formula is C19H20N2O3. The van der Waals surface area contributed by atoms with Gasteiger partial charge in [-0.15, -0.1) is 6.58 Å². The summed E-state index contributed by atoms with van der Waals surface area (Å²) in [4.78, 5) is 12.2. The van der Waals surface area contributed by atoms with Crippen molar-refractivity contribution in [2.24, 2.45) is 5.10 Å². The highest BCUT2D eigenvalue weighted by Gasteiger charge is 2.19. The zero-order valence-electron chi connectivity index (χ0n) is 13.5. The summed E-state index contributed by atoms with van der Waals surface area (Å²) in [5.74, 6) is -0.261. The van der Waals surface area contributed by atoms with Gasteiger partial charge in [0.25, 0.3) is 5.91 Å². The second-order valence-electron chi connectivity index (χ2n) is 5.11. The van der Waals surface area contributed by atoms with E-state index in [2.05, 4.69) is 17.1 Å². The van der Waals surface area contributed by atoms with Crippen molar-refractivity contribution >= 4 is 12.1 Å². The van der Waals surface area contributed by atoms with Crippen molar-refractivity contribution < 1.29 is 14.6 Å². The van der Waals surface area contributed by atoms with Crippen LogP contribution in [0.25, 0.3) is 0 Å². The van der Waals surface area contributed by atoms with Crippen molar-refractivity contribution in [1.29, 1.82) is 0 Å². The van der Waals surface area contributed by atoms with Crippen molar-refractivity contribution in [2.45, 2.75) is 12.5 Å². The van der Waals surface area contributed by atoms with Crippen LogP contribution in [0.1, 0.15) is 22.8 Å². The highest BCUT2D eigenvalue weighted by Crippen LogP contribution is 2.21. The van der Waals surface area contributed by atoms with E-state index in [0.29, 0.717) is 12.0 Å². The number of phenols is 1. The number of ether oxygens (including phenoxy) is 1. The van der Waals surface area contributed by atoms with Crippen LogP contribution >= 0.6 is 0 Å². The molecule has 0 aromatic heterocycles. The van der Waals surface area contributed by atoms with Crippen LogP contribution in [-0.4, -0.2) is 24.3 Å². The summed E-state index contributed by atoms with van der Waals surface area (Å²) in [6.45, 7) is 3.65. The number of carbonyl (C=O) groups excluding carboxylic acids is 1. The molecule has 1 amide bonds. The number of phenolic OH excluding ortho intramolecular Hbond substituents is 1. The van der Waals surface area contributed by atoms with Crippen LogP contribution in [0.15, 0.2) is 66.3 Å². The number of amides is 1. The molecule has 5 nitrogen and oxygen atoms in total. The van der Waals surface area contributed by atoms with E-state index in [1.807, 2.05) is 42.5 Å². The maximum atomic E-state index is 12.2. The Morgan fingerprint density at radius 3 is 2.71 bits per heavy atom. The third kappa shape index (κ3) is 4.30. The Morgan fingerprint density at radius 2 is 2.04 bits per heavy atom. The average molecular weight is 324 g/mol. The minimum absolute atomic E-state index is 0.127. The number of allylic oxidation sites excluding steroid dienone is 1. The van der Waals surface area contributed by atoms with Gasteiger partial charge in [-0.05, 0) is 23.6 Å². The van der Waals surface area contributed by atoms with E-state index in [0.717, 1.165) is 11.1 Å². The molecule has 1 unspecified atom stereocenters. The molecule has 0 fully saturated rings. The van der Waals surface area contributed by atoms with Crippen molar-refractivity contribution in [1.82, 2.24) is 5.43 Å². The predicted molar refractivity (Wildman–Crippen MR) is 93.9 cm³/mol. The van der Waals surface area contributed by atoms with Crippen LogP contribution in [0.5, 0.6) is 5.75 Å². The number of rotatable bonds is 7. The fourth-order valence-corrected chi connectivity index (χ4v) is 2.28. The SMILES string of the molecule is C=CCc1cccc(C=NNC(=O)C(OC)c2ccccc2)c1O. The van der Waals surface area contributed by atoms with E-state index in [1.165, 1.54) is 13.3 Å². The van der Waals surface area contributed by atoms with Gasteiger partial charge in [-0.1, -0.05) is 48.5 Å². The zero-order valence-corrected chi connectivity index (χ0v) is 13.5. The van der Waals surface area contributed by atoms with E-state index < -0.39 is 6.10 Å². The molecule has 5 heteroatoms. The summed E-state index contributed by atoms with van der Waals surface area (Å²) in [6.07, 6.45) is 2.92. The summed E-state index contributed by atoms with van der Waals surface area (Å²) in [7, 11) is 1.46. The number of hydrogen-bond donors (Lipinski definition) is 2. The molecule has 1 atom stereocenters. The number of nitrogens with one attached hydrogen (secondary N) is 1. The first-order valence-corrected chi connectivity index (χ1v) is 7.49. The molecule has 2 aromatic rings. The Balaban J connectivity index is 2.07. The van der Waals surface area contributed by atoms with E-state index in [-0.39, 0.29) is 11.7 Å². The number of hydrogen-bond acceptors (Lipinski definition) is 4. The van der Waals surface area contributed by atoms with Gasteiger partial charge in [0.2, 0.25) is 0 Å². The number of para-hydroxylation sites is 1. The van der Waals surface area contributed by atoms with Gasteiger partial charge >= 0.3 is 0 Å². The van der Waals surface area contributed by atoms with Crippen LogP contribution in [0.3, 0.4) is 0 Å². The lowest BCUT2D eigenvalue weighted by Crippen LogP contribution is -2.26. The normalized spacial score (nSPS) is 12.0. The number of benzene rings is 2. The fraction of sp³-hybridized carbons (Fsp3) is 0.158. The van der Waals surface area contributed by atoms with Crippen LogP contribution in [0.4, 0.5) is 0 Å². The summed E-state index contributed by atoms with van der Waals surface area (Å²) in [6, 6.07) is 14.5. The minimum Gasteiger partial charge on any atom is -0.507 e. The molecule has 0 spiro atoms. The van der Waals surface area contributed by atoms with E-state index in [9.17, 15) is 9.90 Å². The van der Waals surface area contributed by atoms with Crippen molar-refractivity contribution in [2.75, 3.05) is 7.11 Å². The van der Waals surface area contributed by atoms with Gasteiger partial charge in [0.15, 0.2) is 6.10 Å². The molecule has 2 aromatic carbocycles. The first-order valence-electron chi connectivity index (χ1n) is 7.49. The Morgan fingerprint density at radius 1 is 1.29 bits per heavy atom. The van der Waals surface area contributed by atoms with Crippen molar-refractivity contribution in [3.8, 4) is 5.75 Å². The molecule has 0 heterocycles. The highest BCUT2D eigenvalue weighted by atomic mass is 16.5. The summed E-state index contributed by atoms with van der Waals surface area (Å²) < 4.78 is 5.23. The molecule has 2 N–H and O–H groups in total. The smallest absolute Gasteiger partial charge is 0.273 e. The Labute approximate surface area is 141 Å². The standard InChI is InChI=1S/C19H20N2O3/c1-3-8-14-11-7-12-16(17(14)22)13-20-21-19(23)18(24-2)15-9-5-4-6-10-15/h3-7,9-13,18,22H,1,8H2,2H3,(H,21,23). The number of nitrogens with zero attached hydrogens (tertiary/aromatic N) is 1. The van der Waals surface area contributed by atoms with E-state index in [1.54, 1.807) is 12.1 Å². The molecule has 0 saturated carbocycles. The molecule has 24 heavy (non-hydrogen) atoms. The topological polar surface area (TPSA) is 70.9 Å². The Kier molecular flexibility index (Phi) is 6.28. The van der Waals surface area contributed by atoms with Crippen LogP contribution in [0, 0.1) is 0 Å². The maximum absolute atomic E-state index is 12.2. The summed E-state index contributed by atoms with van der Waals surface area (Å²) >= 11 is 0. The molecule has 0 radical (unpaired) electrons. The van der Waals surface area contributed by atoms with Gasteiger partial charge in [0.05, 0.1) is 6.21 Å². The first-order chi connectivity index (χ1) is 11.7. The second kappa shape index (κ2) is 8.64. The quantitative estimate of drug-likeness (QED) is 0.467. The Bertz CT molecular complexity index is 727. The van der Waals surface area contributed by atoms with Gasteiger partial charge in [0, 0.05) is 12.7 Å². The van der Waals surface area contributed by atoms with Crippen LogP contribution < -0.4 is 5.43 Å². The third-order valence-electron chi connectivity index (χ3n) is 3.47. The lowest BCUT2D eigenvalue weighted by atomic mass is 10.1. The van der Waals surface area contributed by atoms with Gasteiger partial charge < -0.3 is 9.84 Å².